The third kappa shape index (κ3) is 6.43. The van der Waals surface area contributed by atoms with Crippen molar-refractivity contribution >= 4 is 18.0 Å². The number of rotatable bonds is 8. The quantitative estimate of drug-likeness (QED) is 0.222. The van der Waals surface area contributed by atoms with Crippen LogP contribution < -0.4 is 9.47 Å². The monoisotopic (exact) mass is 619 g/mol. The van der Waals surface area contributed by atoms with Crippen molar-refractivity contribution in [2.45, 2.75) is 104 Å². The Labute approximate surface area is 269 Å². The van der Waals surface area contributed by atoms with Crippen molar-refractivity contribution in [2.75, 3.05) is 33.4 Å². The zero-order chi connectivity index (χ0) is 31.8. The fraction of sp³-hybridized carbons (Fsp3) is 0.684. The van der Waals surface area contributed by atoms with Crippen LogP contribution in [0, 0.1) is 28.6 Å². The second kappa shape index (κ2) is 13.1. The Balaban J connectivity index is 1.22. The van der Waals surface area contributed by atoms with Gasteiger partial charge in [0.15, 0.2) is 11.5 Å². The molecule has 0 spiro atoms. The highest BCUT2D eigenvalue weighted by Gasteiger charge is 2.61. The maximum atomic E-state index is 12.5. The molecule has 7 atom stereocenters. The highest BCUT2D eigenvalue weighted by Crippen LogP contribution is 2.66. The predicted molar refractivity (Wildman–Crippen MR) is 175 cm³/mol. The van der Waals surface area contributed by atoms with Gasteiger partial charge in [0.25, 0.3) is 0 Å². The SMILES string of the molecule is COc1cc(/C=C2\C[C@H]3[C@@H]4CC=C5C[C@@H](OC(C)=O)CC[C@]5(C)[C@H]4CC[C@]3(C)[C@H]2OC(C)=O)ccc1OCCN1CCCCC1. The molecule has 6 rings (SSSR count). The molecule has 0 amide bonds. The van der Waals surface area contributed by atoms with Crippen LogP contribution in [0.5, 0.6) is 11.5 Å². The van der Waals surface area contributed by atoms with E-state index in [9.17, 15) is 9.59 Å². The average Bonchev–Trinajstić information content (AvgIpc) is 3.28. The number of esters is 2. The van der Waals surface area contributed by atoms with E-state index in [0.29, 0.717) is 24.4 Å². The highest BCUT2D eigenvalue weighted by molar-refractivity contribution is 5.68. The summed E-state index contributed by atoms with van der Waals surface area (Å²) in [7, 11) is 1.70. The zero-order valence-electron chi connectivity index (χ0n) is 28.1. The summed E-state index contributed by atoms with van der Waals surface area (Å²) in [6, 6.07) is 6.17. The van der Waals surface area contributed by atoms with Gasteiger partial charge in [-0.2, -0.15) is 0 Å². The first-order valence-corrected chi connectivity index (χ1v) is 17.4. The smallest absolute Gasteiger partial charge is 0.303 e. The van der Waals surface area contributed by atoms with Crippen molar-refractivity contribution in [1.82, 2.24) is 4.90 Å². The van der Waals surface area contributed by atoms with E-state index in [-0.39, 0.29) is 35.0 Å². The Morgan fingerprint density at radius 3 is 2.47 bits per heavy atom. The van der Waals surface area contributed by atoms with Gasteiger partial charge in [0.05, 0.1) is 7.11 Å². The molecule has 1 saturated heterocycles. The first-order valence-electron chi connectivity index (χ1n) is 17.4. The van der Waals surface area contributed by atoms with E-state index in [2.05, 4.69) is 43.0 Å². The summed E-state index contributed by atoms with van der Waals surface area (Å²) in [6.07, 6.45) is 15.4. The molecule has 0 radical (unpaired) electrons. The number of carbonyl (C=O) groups excluding carboxylic acids is 2. The number of allylic oxidation sites excluding steroid dienone is 1. The van der Waals surface area contributed by atoms with Gasteiger partial charge < -0.3 is 18.9 Å². The van der Waals surface area contributed by atoms with Gasteiger partial charge in [0.2, 0.25) is 0 Å². The van der Waals surface area contributed by atoms with Crippen molar-refractivity contribution in [1.29, 1.82) is 0 Å². The molecular formula is C38H53NO6. The summed E-state index contributed by atoms with van der Waals surface area (Å²) in [5.74, 6) is 2.67. The first kappa shape index (κ1) is 32.2. The maximum Gasteiger partial charge on any atom is 0.303 e. The lowest BCUT2D eigenvalue weighted by molar-refractivity contribution is -0.154. The summed E-state index contributed by atoms with van der Waals surface area (Å²) in [4.78, 5) is 26.6. The van der Waals surface area contributed by atoms with E-state index in [1.165, 1.54) is 44.3 Å². The molecule has 4 aliphatic carbocycles. The molecular weight excluding hydrogens is 566 g/mol. The average molecular weight is 620 g/mol. The molecule has 0 aromatic heterocycles. The van der Waals surface area contributed by atoms with Gasteiger partial charge >= 0.3 is 11.9 Å². The normalized spacial score (nSPS) is 35.4. The number of benzene rings is 1. The molecule has 246 valence electrons. The predicted octanol–water partition coefficient (Wildman–Crippen LogP) is 7.38. The van der Waals surface area contributed by atoms with Crippen LogP contribution in [0.1, 0.15) is 97.5 Å². The summed E-state index contributed by atoms with van der Waals surface area (Å²) < 4.78 is 23.8. The molecule has 3 saturated carbocycles. The van der Waals surface area contributed by atoms with Gasteiger partial charge in [-0.05, 0) is 111 Å². The van der Waals surface area contributed by atoms with Crippen LogP contribution >= 0.6 is 0 Å². The van der Waals surface area contributed by atoms with E-state index in [1.807, 2.05) is 6.07 Å². The lowest BCUT2D eigenvalue weighted by Crippen LogP contribution is -2.51. The van der Waals surface area contributed by atoms with Crippen molar-refractivity contribution < 1.29 is 28.5 Å². The number of fused-ring (bicyclic) bond motifs is 5. The van der Waals surface area contributed by atoms with Crippen molar-refractivity contribution in [3.63, 3.8) is 0 Å². The Kier molecular flexibility index (Phi) is 9.38. The molecule has 7 heteroatoms. The maximum absolute atomic E-state index is 12.5. The second-order valence-corrected chi connectivity index (χ2v) is 14.9. The molecule has 4 fully saturated rings. The molecule has 0 N–H and O–H groups in total. The number of nitrogens with zero attached hydrogens (tertiary/aromatic N) is 1. The second-order valence-electron chi connectivity index (χ2n) is 14.9. The number of hydrogen-bond acceptors (Lipinski definition) is 7. The van der Waals surface area contributed by atoms with Gasteiger partial charge in [-0.25, -0.2) is 0 Å². The molecule has 1 aromatic carbocycles. The molecule has 45 heavy (non-hydrogen) atoms. The van der Waals surface area contributed by atoms with Gasteiger partial charge in [-0.15, -0.1) is 0 Å². The number of ether oxygens (including phenoxy) is 4. The first-order chi connectivity index (χ1) is 21.6. The van der Waals surface area contributed by atoms with E-state index >= 15 is 0 Å². The number of methoxy groups -OCH3 is 1. The van der Waals surface area contributed by atoms with Crippen molar-refractivity contribution in [3.05, 3.63) is 41.0 Å². The van der Waals surface area contributed by atoms with Gasteiger partial charge in [-0.3, -0.25) is 14.5 Å². The summed E-state index contributed by atoms with van der Waals surface area (Å²) in [5, 5.41) is 0. The summed E-state index contributed by atoms with van der Waals surface area (Å²) in [5.41, 5.74) is 3.78. The fourth-order valence-corrected chi connectivity index (χ4v) is 9.89. The molecule has 0 bridgehead atoms. The lowest BCUT2D eigenvalue weighted by Gasteiger charge is -2.57. The lowest BCUT2D eigenvalue weighted by atomic mass is 9.48. The van der Waals surface area contributed by atoms with E-state index in [4.69, 9.17) is 18.9 Å². The molecule has 1 heterocycles. The largest absolute Gasteiger partial charge is 0.493 e. The number of carbonyl (C=O) groups is 2. The van der Waals surface area contributed by atoms with Crippen LogP contribution in [-0.2, 0) is 19.1 Å². The summed E-state index contributed by atoms with van der Waals surface area (Å²) in [6.45, 7) is 11.8. The number of likely N-dealkylation sites (tertiary alicyclic amines) is 1. The van der Waals surface area contributed by atoms with Crippen molar-refractivity contribution in [2.24, 2.45) is 28.6 Å². The van der Waals surface area contributed by atoms with Gasteiger partial charge in [0.1, 0.15) is 18.8 Å². The zero-order valence-corrected chi connectivity index (χ0v) is 28.1. The van der Waals surface area contributed by atoms with Gasteiger partial charge in [0, 0.05) is 32.2 Å². The summed E-state index contributed by atoms with van der Waals surface area (Å²) >= 11 is 0. The molecule has 7 nitrogen and oxygen atoms in total. The molecule has 1 aliphatic heterocycles. The third-order valence-corrected chi connectivity index (χ3v) is 12.2. The van der Waals surface area contributed by atoms with Crippen LogP contribution in [-0.4, -0.2) is 62.4 Å². The van der Waals surface area contributed by atoms with Crippen LogP contribution in [0.2, 0.25) is 0 Å². The minimum Gasteiger partial charge on any atom is -0.493 e. The Hall–Kier alpha value is -2.80. The number of hydrogen-bond donors (Lipinski definition) is 0. The topological polar surface area (TPSA) is 74.3 Å². The Bertz CT molecular complexity index is 1330. The van der Waals surface area contributed by atoms with Crippen LogP contribution in [0.15, 0.2) is 35.4 Å². The minimum atomic E-state index is -0.231. The fourth-order valence-electron chi connectivity index (χ4n) is 9.89. The molecule has 0 unspecified atom stereocenters. The van der Waals surface area contributed by atoms with E-state index in [1.54, 1.807) is 7.11 Å². The molecule has 5 aliphatic rings. The Morgan fingerprint density at radius 2 is 1.73 bits per heavy atom. The van der Waals surface area contributed by atoms with E-state index < -0.39 is 0 Å². The standard InChI is InChI=1S/C38H53NO6/c1-25(40)44-30-13-15-37(3)29(24-30)10-11-31-32(37)14-16-38(4)33(31)23-28(36(38)45-26(2)41)21-27-9-12-34(35(22-27)42-5)43-20-19-39-17-7-6-8-18-39/h9-10,12,21-22,30-33,36H,6-8,11,13-20,23-24H2,1-5H3/b28-21+/t30-,31+,32-,33-,36-,37-,38-/m0/s1. The van der Waals surface area contributed by atoms with Crippen LogP contribution in [0.3, 0.4) is 0 Å². The minimum absolute atomic E-state index is 0.00467. The molecule has 1 aromatic rings. The van der Waals surface area contributed by atoms with Crippen LogP contribution in [0.4, 0.5) is 0 Å². The van der Waals surface area contributed by atoms with Gasteiger partial charge in [-0.1, -0.05) is 44.1 Å². The van der Waals surface area contributed by atoms with E-state index in [0.717, 1.165) is 81.6 Å². The van der Waals surface area contributed by atoms with Crippen LogP contribution in [0.25, 0.3) is 6.08 Å². The Morgan fingerprint density at radius 1 is 0.956 bits per heavy atom. The highest BCUT2D eigenvalue weighted by atomic mass is 16.5. The number of piperidine rings is 1. The van der Waals surface area contributed by atoms with Crippen molar-refractivity contribution in [3.8, 4) is 11.5 Å². The third-order valence-electron chi connectivity index (χ3n) is 12.2.